The van der Waals surface area contributed by atoms with Crippen LogP contribution in [-0.4, -0.2) is 38.7 Å². The predicted octanol–water partition coefficient (Wildman–Crippen LogP) is 3.89. The van der Waals surface area contributed by atoms with Crippen LogP contribution in [0.1, 0.15) is 46.5 Å². The highest BCUT2D eigenvalue weighted by Crippen LogP contribution is 2.42. The molecule has 2 aromatic heterocycles. The molecule has 1 aromatic carbocycles. The molecule has 3 heterocycles. The number of thiazole rings is 1. The number of aryl methyl sites for hydroxylation is 2. The van der Waals surface area contributed by atoms with Crippen LogP contribution in [0.15, 0.2) is 48.0 Å². The van der Waals surface area contributed by atoms with Crippen molar-refractivity contribution in [2.24, 2.45) is 0 Å². The molecule has 0 N–H and O–H groups in total. The summed E-state index contributed by atoms with van der Waals surface area (Å²) in [4.78, 5) is 19.8. The van der Waals surface area contributed by atoms with Gasteiger partial charge < -0.3 is 4.90 Å². The number of piperidine rings is 1. The Morgan fingerprint density at radius 3 is 2.56 bits per heavy atom. The molecule has 4 rings (SSSR count). The Bertz CT molecular complexity index is 923. The number of rotatable bonds is 4. The van der Waals surface area contributed by atoms with Crippen LogP contribution in [0.5, 0.6) is 0 Å². The second kappa shape index (κ2) is 7.27. The Hall–Kier alpha value is -2.47. The zero-order chi connectivity index (χ0) is 18.9. The maximum absolute atomic E-state index is 13.0. The highest BCUT2D eigenvalue weighted by molar-refractivity contribution is 7.09. The van der Waals surface area contributed by atoms with Crippen molar-refractivity contribution in [1.82, 2.24) is 19.7 Å². The largest absolute Gasteiger partial charge is 0.337 e. The summed E-state index contributed by atoms with van der Waals surface area (Å²) in [6.45, 7) is 6.20. The first-order valence-corrected chi connectivity index (χ1v) is 10.3. The lowest BCUT2D eigenvalue weighted by Gasteiger charge is -2.41. The maximum atomic E-state index is 13.0. The SMILES string of the molecule is CCn1nccc1C(=O)N1CCC(c2ccccc2)(c2csc(C)n2)CC1. The number of amides is 1. The van der Waals surface area contributed by atoms with Gasteiger partial charge in [-0.25, -0.2) is 4.98 Å². The van der Waals surface area contributed by atoms with E-state index in [-0.39, 0.29) is 11.3 Å². The molecule has 1 aliphatic rings. The molecule has 1 amide bonds. The molecule has 5 nitrogen and oxygen atoms in total. The Morgan fingerprint density at radius 1 is 1.19 bits per heavy atom. The summed E-state index contributed by atoms with van der Waals surface area (Å²) in [7, 11) is 0. The maximum Gasteiger partial charge on any atom is 0.272 e. The summed E-state index contributed by atoms with van der Waals surface area (Å²) >= 11 is 1.70. The van der Waals surface area contributed by atoms with E-state index >= 15 is 0 Å². The molecule has 27 heavy (non-hydrogen) atoms. The molecular formula is C21H24N4OS. The Balaban J connectivity index is 1.61. The standard InChI is InChI=1S/C21H24N4OS/c1-3-25-18(9-12-22-25)20(26)24-13-10-21(11-14-24,17-7-5-4-6-8-17)19-15-27-16(2)23-19/h4-9,12,15H,3,10-11,13-14H2,1-2H3. The molecule has 0 radical (unpaired) electrons. The van der Waals surface area contributed by atoms with E-state index in [9.17, 15) is 4.79 Å². The van der Waals surface area contributed by atoms with Crippen LogP contribution in [0.4, 0.5) is 0 Å². The molecule has 0 saturated carbocycles. The third-order valence-corrected chi connectivity index (χ3v) is 6.35. The van der Waals surface area contributed by atoms with Gasteiger partial charge in [0.05, 0.1) is 10.7 Å². The minimum Gasteiger partial charge on any atom is -0.337 e. The zero-order valence-corrected chi connectivity index (χ0v) is 16.6. The first-order chi connectivity index (χ1) is 13.1. The molecule has 1 aliphatic heterocycles. The minimum absolute atomic E-state index is 0.0745. The van der Waals surface area contributed by atoms with Gasteiger partial charge in [-0.05, 0) is 38.3 Å². The molecule has 6 heteroatoms. The van der Waals surface area contributed by atoms with E-state index in [0.717, 1.165) is 36.6 Å². The number of hydrogen-bond acceptors (Lipinski definition) is 4. The number of benzene rings is 1. The van der Waals surface area contributed by atoms with Gasteiger partial charge in [-0.15, -0.1) is 11.3 Å². The smallest absolute Gasteiger partial charge is 0.272 e. The van der Waals surface area contributed by atoms with E-state index in [0.29, 0.717) is 12.2 Å². The van der Waals surface area contributed by atoms with Crippen LogP contribution in [0.3, 0.4) is 0 Å². The van der Waals surface area contributed by atoms with Crippen molar-refractivity contribution >= 4 is 17.2 Å². The summed E-state index contributed by atoms with van der Waals surface area (Å²) in [6.07, 6.45) is 3.46. The van der Waals surface area contributed by atoms with Gasteiger partial charge >= 0.3 is 0 Å². The van der Waals surface area contributed by atoms with Gasteiger partial charge in [-0.3, -0.25) is 9.48 Å². The van der Waals surface area contributed by atoms with Crippen molar-refractivity contribution in [3.63, 3.8) is 0 Å². The van der Waals surface area contributed by atoms with Crippen molar-refractivity contribution in [2.75, 3.05) is 13.1 Å². The van der Waals surface area contributed by atoms with Gasteiger partial charge in [-0.2, -0.15) is 5.10 Å². The van der Waals surface area contributed by atoms with Crippen LogP contribution in [0.25, 0.3) is 0 Å². The third kappa shape index (κ3) is 3.18. The summed E-state index contributed by atoms with van der Waals surface area (Å²) < 4.78 is 1.77. The molecule has 3 aromatic rings. The number of aromatic nitrogens is 3. The van der Waals surface area contributed by atoms with Crippen molar-refractivity contribution in [3.8, 4) is 0 Å². The molecule has 0 atom stereocenters. The molecular weight excluding hydrogens is 356 g/mol. The lowest BCUT2D eigenvalue weighted by Crippen LogP contribution is -2.46. The number of likely N-dealkylation sites (tertiary alicyclic amines) is 1. The Kier molecular flexibility index (Phi) is 4.83. The second-order valence-corrected chi connectivity index (χ2v) is 8.09. The summed E-state index contributed by atoms with van der Waals surface area (Å²) in [6, 6.07) is 12.4. The van der Waals surface area contributed by atoms with Gasteiger partial charge in [-0.1, -0.05) is 30.3 Å². The fourth-order valence-corrected chi connectivity index (χ4v) is 4.76. The molecule has 0 spiro atoms. The topological polar surface area (TPSA) is 51.0 Å². The van der Waals surface area contributed by atoms with Crippen molar-refractivity contribution in [1.29, 1.82) is 0 Å². The van der Waals surface area contributed by atoms with Gasteiger partial charge in [0.2, 0.25) is 0 Å². The van der Waals surface area contributed by atoms with E-state index in [1.807, 2.05) is 24.0 Å². The van der Waals surface area contributed by atoms with Crippen LogP contribution < -0.4 is 0 Å². The third-order valence-electron chi connectivity index (χ3n) is 5.58. The predicted molar refractivity (Wildman–Crippen MR) is 107 cm³/mol. The van der Waals surface area contributed by atoms with Crippen molar-refractivity contribution < 1.29 is 4.79 Å². The zero-order valence-electron chi connectivity index (χ0n) is 15.8. The normalized spacial score (nSPS) is 16.4. The first kappa shape index (κ1) is 17.9. The Morgan fingerprint density at radius 2 is 1.93 bits per heavy atom. The van der Waals surface area contributed by atoms with Crippen molar-refractivity contribution in [2.45, 2.75) is 38.6 Å². The molecule has 1 saturated heterocycles. The minimum atomic E-state index is -0.117. The first-order valence-electron chi connectivity index (χ1n) is 9.43. The van der Waals surface area contributed by atoms with Crippen LogP contribution in [0.2, 0.25) is 0 Å². The second-order valence-electron chi connectivity index (χ2n) is 7.02. The molecule has 0 bridgehead atoms. The molecule has 0 unspecified atom stereocenters. The van der Waals surface area contributed by atoms with Gasteiger partial charge in [0.15, 0.2) is 0 Å². The quantitative estimate of drug-likeness (QED) is 0.690. The molecule has 140 valence electrons. The van der Waals surface area contributed by atoms with E-state index in [1.54, 1.807) is 22.2 Å². The number of carbonyl (C=O) groups is 1. The van der Waals surface area contributed by atoms with E-state index < -0.39 is 0 Å². The summed E-state index contributed by atoms with van der Waals surface area (Å²) in [5.41, 5.74) is 2.99. The monoisotopic (exact) mass is 380 g/mol. The van der Waals surface area contributed by atoms with E-state index in [4.69, 9.17) is 4.98 Å². The fourth-order valence-electron chi connectivity index (χ4n) is 4.05. The van der Waals surface area contributed by atoms with Gasteiger partial charge in [0, 0.05) is 36.6 Å². The molecule has 0 aliphatic carbocycles. The fraction of sp³-hybridized carbons (Fsp3) is 0.381. The van der Waals surface area contributed by atoms with Crippen LogP contribution in [-0.2, 0) is 12.0 Å². The number of hydrogen-bond donors (Lipinski definition) is 0. The van der Waals surface area contributed by atoms with Gasteiger partial charge in [0.25, 0.3) is 5.91 Å². The van der Waals surface area contributed by atoms with Crippen LogP contribution >= 0.6 is 11.3 Å². The lowest BCUT2D eigenvalue weighted by atomic mass is 9.70. The average molecular weight is 381 g/mol. The average Bonchev–Trinajstić information content (AvgIpc) is 3.37. The number of carbonyl (C=O) groups excluding carboxylic acids is 1. The van der Waals surface area contributed by atoms with Crippen LogP contribution in [0, 0.1) is 6.92 Å². The highest BCUT2D eigenvalue weighted by Gasteiger charge is 2.41. The summed E-state index contributed by atoms with van der Waals surface area (Å²) in [5, 5.41) is 7.51. The lowest BCUT2D eigenvalue weighted by molar-refractivity contribution is 0.0671. The highest BCUT2D eigenvalue weighted by atomic mass is 32.1. The summed E-state index contributed by atoms with van der Waals surface area (Å²) in [5.74, 6) is 0.0745. The number of nitrogens with zero attached hydrogens (tertiary/aromatic N) is 4. The van der Waals surface area contributed by atoms with E-state index in [2.05, 4.69) is 41.7 Å². The Labute approximate surface area is 163 Å². The molecule has 1 fully saturated rings. The van der Waals surface area contributed by atoms with E-state index in [1.165, 1.54) is 5.56 Å². The van der Waals surface area contributed by atoms with Gasteiger partial charge in [0.1, 0.15) is 5.69 Å². The van der Waals surface area contributed by atoms with Crippen molar-refractivity contribution in [3.05, 3.63) is 69.9 Å².